The van der Waals surface area contributed by atoms with Crippen molar-refractivity contribution in [2.45, 2.75) is 44.2 Å². The van der Waals surface area contributed by atoms with Crippen LogP contribution in [0.25, 0.3) is 0 Å². The highest BCUT2D eigenvalue weighted by molar-refractivity contribution is 5.94. The van der Waals surface area contributed by atoms with Crippen molar-refractivity contribution in [3.05, 3.63) is 29.8 Å². The highest BCUT2D eigenvalue weighted by Gasteiger charge is 2.39. The number of benzene rings is 1. The summed E-state index contributed by atoms with van der Waals surface area (Å²) in [4.78, 5) is 14.9. The summed E-state index contributed by atoms with van der Waals surface area (Å²) in [6.07, 6.45) is 5.03. The van der Waals surface area contributed by atoms with Crippen LogP contribution in [-0.2, 0) is 4.74 Å². The van der Waals surface area contributed by atoms with Gasteiger partial charge in [0.1, 0.15) is 5.75 Å². The van der Waals surface area contributed by atoms with Gasteiger partial charge in [0.15, 0.2) is 0 Å². The molecule has 5 nitrogen and oxygen atoms in total. The number of hydrogen-bond acceptors (Lipinski definition) is 4. The zero-order valence-corrected chi connectivity index (χ0v) is 14.6. The fourth-order valence-electron chi connectivity index (χ4n) is 4.01. The predicted molar refractivity (Wildman–Crippen MR) is 93.7 cm³/mol. The zero-order chi connectivity index (χ0) is 17.2. The molecule has 2 saturated carbocycles. The van der Waals surface area contributed by atoms with Crippen molar-refractivity contribution in [2.75, 3.05) is 26.4 Å². The van der Waals surface area contributed by atoms with E-state index >= 15 is 0 Å². The molecule has 4 rings (SSSR count). The number of hydrogen-bond donors (Lipinski definition) is 1. The summed E-state index contributed by atoms with van der Waals surface area (Å²) >= 11 is 0. The first kappa shape index (κ1) is 16.9. The highest BCUT2D eigenvalue weighted by Crippen LogP contribution is 2.33. The molecule has 1 N–H and O–H groups in total. The minimum absolute atomic E-state index is 0.0236. The van der Waals surface area contributed by atoms with E-state index in [1.807, 2.05) is 29.2 Å². The normalized spacial score (nSPS) is 29.6. The molecule has 1 aliphatic heterocycles. The first-order chi connectivity index (χ1) is 12.2. The van der Waals surface area contributed by atoms with Crippen LogP contribution in [0.1, 0.15) is 42.5 Å². The molecule has 2 aliphatic carbocycles. The third kappa shape index (κ3) is 3.82. The number of ether oxygens (including phenoxy) is 2. The van der Waals surface area contributed by atoms with E-state index in [9.17, 15) is 9.90 Å². The van der Waals surface area contributed by atoms with Crippen molar-refractivity contribution in [3.8, 4) is 5.75 Å². The molecular weight excluding hydrogens is 318 g/mol. The Morgan fingerprint density at radius 2 is 2.00 bits per heavy atom. The number of aliphatic hydroxyl groups excluding tert-OH is 1. The molecule has 0 aromatic heterocycles. The minimum Gasteiger partial charge on any atom is -0.493 e. The molecule has 3 atom stereocenters. The lowest BCUT2D eigenvalue weighted by atomic mass is 9.93. The number of carbonyl (C=O) groups is 1. The van der Waals surface area contributed by atoms with E-state index in [-0.39, 0.29) is 24.0 Å². The van der Waals surface area contributed by atoms with E-state index in [4.69, 9.17) is 9.47 Å². The Hall–Kier alpha value is -1.59. The third-order valence-electron chi connectivity index (χ3n) is 5.74. The lowest BCUT2D eigenvalue weighted by Gasteiger charge is -2.40. The molecule has 0 spiro atoms. The Kier molecular flexibility index (Phi) is 4.95. The SMILES string of the molecule is O=C(c1ccc(OCC2CC2)cc1)N1CCOC[C@@H]1[C@@H]1CCC[C@H]1O. The van der Waals surface area contributed by atoms with Crippen LogP contribution in [-0.4, -0.2) is 54.4 Å². The van der Waals surface area contributed by atoms with E-state index in [1.165, 1.54) is 12.8 Å². The van der Waals surface area contributed by atoms with Gasteiger partial charge in [-0.15, -0.1) is 0 Å². The number of rotatable bonds is 5. The number of carbonyl (C=O) groups excluding carboxylic acids is 1. The van der Waals surface area contributed by atoms with Crippen molar-refractivity contribution in [1.82, 2.24) is 4.90 Å². The molecule has 0 radical (unpaired) electrons. The third-order valence-corrected chi connectivity index (χ3v) is 5.74. The average Bonchev–Trinajstić information content (AvgIpc) is 3.39. The Morgan fingerprint density at radius 1 is 1.20 bits per heavy atom. The summed E-state index contributed by atoms with van der Waals surface area (Å²) in [5, 5.41) is 10.2. The van der Waals surface area contributed by atoms with Crippen LogP contribution >= 0.6 is 0 Å². The largest absolute Gasteiger partial charge is 0.493 e. The van der Waals surface area contributed by atoms with Gasteiger partial charge in [0.05, 0.1) is 32.0 Å². The molecule has 1 aromatic carbocycles. The molecular formula is C20H27NO4. The van der Waals surface area contributed by atoms with Crippen LogP contribution in [0.5, 0.6) is 5.75 Å². The second kappa shape index (κ2) is 7.34. The summed E-state index contributed by atoms with van der Waals surface area (Å²) in [5.41, 5.74) is 0.679. The van der Waals surface area contributed by atoms with Gasteiger partial charge in [-0.05, 0) is 55.9 Å². The molecule has 3 aliphatic rings. The van der Waals surface area contributed by atoms with E-state index in [0.29, 0.717) is 31.2 Å². The van der Waals surface area contributed by atoms with Crippen molar-refractivity contribution in [3.63, 3.8) is 0 Å². The summed E-state index contributed by atoms with van der Waals surface area (Å²) in [7, 11) is 0. The van der Waals surface area contributed by atoms with Gasteiger partial charge in [0.25, 0.3) is 5.91 Å². The van der Waals surface area contributed by atoms with Crippen LogP contribution in [0.15, 0.2) is 24.3 Å². The molecule has 1 aromatic rings. The summed E-state index contributed by atoms with van der Waals surface area (Å²) in [6, 6.07) is 7.44. The molecule has 136 valence electrons. The summed E-state index contributed by atoms with van der Waals surface area (Å²) in [6.45, 7) is 2.45. The second-order valence-electron chi connectivity index (χ2n) is 7.58. The smallest absolute Gasteiger partial charge is 0.254 e. The van der Waals surface area contributed by atoms with Gasteiger partial charge in [-0.25, -0.2) is 0 Å². The molecule has 25 heavy (non-hydrogen) atoms. The monoisotopic (exact) mass is 345 g/mol. The second-order valence-corrected chi connectivity index (χ2v) is 7.58. The number of amides is 1. The maximum Gasteiger partial charge on any atom is 0.254 e. The minimum atomic E-state index is -0.319. The fourth-order valence-corrected chi connectivity index (χ4v) is 4.01. The fraction of sp³-hybridized carbons (Fsp3) is 0.650. The Labute approximate surface area is 148 Å². The van der Waals surface area contributed by atoms with Crippen LogP contribution in [0, 0.1) is 11.8 Å². The van der Waals surface area contributed by atoms with Crippen molar-refractivity contribution in [1.29, 1.82) is 0 Å². The van der Waals surface area contributed by atoms with E-state index < -0.39 is 0 Å². The Balaban J connectivity index is 1.43. The summed E-state index contributed by atoms with van der Waals surface area (Å²) < 4.78 is 11.4. The zero-order valence-electron chi connectivity index (χ0n) is 14.6. The van der Waals surface area contributed by atoms with Gasteiger partial charge in [0.2, 0.25) is 0 Å². The number of morpholine rings is 1. The van der Waals surface area contributed by atoms with Crippen LogP contribution < -0.4 is 4.74 Å². The molecule has 0 unspecified atom stereocenters. The summed E-state index contributed by atoms with van der Waals surface area (Å²) in [5.74, 6) is 1.70. The molecule has 1 amide bonds. The number of aliphatic hydroxyl groups is 1. The maximum atomic E-state index is 13.0. The van der Waals surface area contributed by atoms with Crippen LogP contribution in [0.3, 0.4) is 0 Å². The topological polar surface area (TPSA) is 59.0 Å². The highest BCUT2D eigenvalue weighted by atomic mass is 16.5. The predicted octanol–water partition coefficient (Wildman–Crippen LogP) is 2.48. The van der Waals surface area contributed by atoms with Crippen molar-refractivity contribution < 1.29 is 19.4 Å². The Morgan fingerprint density at radius 3 is 2.68 bits per heavy atom. The lowest BCUT2D eigenvalue weighted by Crippen LogP contribution is -2.53. The molecule has 1 heterocycles. The van der Waals surface area contributed by atoms with Gasteiger partial charge in [-0.3, -0.25) is 4.79 Å². The van der Waals surface area contributed by atoms with E-state index in [2.05, 4.69) is 0 Å². The maximum absolute atomic E-state index is 13.0. The molecule has 5 heteroatoms. The van der Waals surface area contributed by atoms with Crippen molar-refractivity contribution >= 4 is 5.91 Å². The first-order valence-corrected chi connectivity index (χ1v) is 9.52. The van der Waals surface area contributed by atoms with Gasteiger partial charge in [-0.2, -0.15) is 0 Å². The molecule has 3 fully saturated rings. The van der Waals surface area contributed by atoms with Gasteiger partial charge < -0.3 is 19.5 Å². The van der Waals surface area contributed by atoms with Crippen LogP contribution in [0.2, 0.25) is 0 Å². The van der Waals surface area contributed by atoms with Crippen molar-refractivity contribution in [2.24, 2.45) is 11.8 Å². The lowest BCUT2D eigenvalue weighted by molar-refractivity contribution is -0.0383. The standard InChI is InChI=1S/C20H27NO4/c22-19-3-1-2-17(19)18-13-24-11-10-21(18)20(23)15-6-8-16(9-7-15)25-12-14-4-5-14/h6-9,14,17-19,22H,1-5,10-13H2/t17-,18+,19+/m0/s1. The van der Waals surface area contributed by atoms with Crippen LogP contribution in [0.4, 0.5) is 0 Å². The molecule has 1 saturated heterocycles. The van der Waals surface area contributed by atoms with Gasteiger partial charge in [0, 0.05) is 18.0 Å². The molecule has 0 bridgehead atoms. The van der Waals surface area contributed by atoms with E-state index in [0.717, 1.165) is 31.6 Å². The average molecular weight is 345 g/mol. The first-order valence-electron chi connectivity index (χ1n) is 9.52. The number of nitrogens with zero attached hydrogens (tertiary/aromatic N) is 1. The van der Waals surface area contributed by atoms with Gasteiger partial charge >= 0.3 is 0 Å². The quantitative estimate of drug-likeness (QED) is 0.891. The van der Waals surface area contributed by atoms with E-state index in [1.54, 1.807) is 0 Å². The Bertz CT molecular complexity index is 598. The van der Waals surface area contributed by atoms with Gasteiger partial charge in [-0.1, -0.05) is 6.42 Å².